The van der Waals surface area contributed by atoms with E-state index in [1.807, 2.05) is 37.4 Å². The lowest BCUT2D eigenvalue weighted by Gasteiger charge is -2.14. The fraction of sp³-hybridized carbons (Fsp3) is 0.278. The molecule has 22 heavy (non-hydrogen) atoms. The highest BCUT2D eigenvalue weighted by Gasteiger charge is 2.11. The maximum atomic E-state index is 12.1. The minimum absolute atomic E-state index is 0.0443. The van der Waals surface area contributed by atoms with Crippen molar-refractivity contribution in [2.75, 3.05) is 18.9 Å². The number of anilines is 1. The highest BCUT2D eigenvalue weighted by atomic mass is 79.9. The number of benzene rings is 2. The third kappa shape index (κ3) is 5.28. The predicted molar refractivity (Wildman–Crippen MR) is 94.0 cm³/mol. The largest absolute Gasteiger partial charge is 0.326 e. The minimum Gasteiger partial charge on any atom is -0.326 e. The topological polar surface area (TPSA) is 33.5 Å². The summed E-state index contributed by atoms with van der Waals surface area (Å²) < 4.78 is 1.07. The Morgan fingerprint density at radius 2 is 1.86 bits per heavy atom. The molecule has 0 saturated heterocycles. The molecule has 116 valence electrons. The Hall–Kier alpha value is -1.65. The smallest absolute Gasteiger partial charge is 0.279 e. The van der Waals surface area contributed by atoms with Gasteiger partial charge in [-0.3, -0.25) is 4.79 Å². The number of aryl methyl sites for hydroxylation is 1. The fourth-order valence-electron chi connectivity index (χ4n) is 2.36. The summed E-state index contributed by atoms with van der Waals surface area (Å²) in [7, 11) is 2.03. The first kappa shape index (κ1) is 16.7. The molecule has 2 N–H and O–H groups in total. The van der Waals surface area contributed by atoms with Crippen LogP contribution in [0.3, 0.4) is 0 Å². The van der Waals surface area contributed by atoms with Gasteiger partial charge in [0, 0.05) is 15.7 Å². The van der Waals surface area contributed by atoms with Crippen LogP contribution in [0.2, 0.25) is 0 Å². The number of carbonyl (C=O) groups excluding carboxylic acids is 1. The monoisotopic (exact) mass is 361 g/mol. The first-order chi connectivity index (χ1) is 10.6. The number of hydrogen-bond acceptors (Lipinski definition) is 1. The Morgan fingerprint density at radius 3 is 2.55 bits per heavy atom. The van der Waals surface area contributed by atoms with Gasteiger partial charge in [-0.1, -0.05) is 47.1 Å². The summed E-state index contributed by atoms with van der Waals surface area (Å²) in [5.41, 5.74) is 3.33. The number of amides is 1. The SMILES string of the molecule is CCc1cccc(NC(=O)C[NH+](C)Cc2ccc(Br)cc2)c1. The minimum atomic E-state index is 0.0443. The van der Waals surface area contributed by atoms with Gasteiger partial charge in [0.2, 0.25) is 0 Å². The molecule has 0 bridgehead atoms. The molecule has 2 aromatic rings. The second-order valence-corrected chi connectivity index (χ2v) is 6.45. The van der Waals surface area contributed by atoms with Crippen molar-refractivity contribution in [2.45, 2.75) is 19.9 Å². The van der Waals surface area contributed by atoms with E-state index in [9.17, 15) is 4.79 Å². The molecule has 2 aromatic carbocycles. The number of likely N-dealkylation sites (N-methyl/N-ethyl adjacent to an activating group) is 1. The average Bonchev–Trinajstić information content (AvgIpc) is 2.49. The van der Waals surface area contributed by atoms with Crippen molar-refractivity contribution in [3.8, 4) is 0 Å². The van der Waals surface area contributed by atoms with Crippen LogP contribution in [-0.4, -0.2) is 19.5 Å². The number of quaternary nitrogens is 1. The molecule has 0 saturated carbocycles. The summed E-state index contributed by atoms with van der Waals surface area (Å²) in [4.78, 5) is 13.3. The lowest BCUT2D eigenvalue weighted by molar-refractivity contribution is -0.885. The second-order valence-electron chi connectivity index (χ2n) is 5.54. The van der Waals surface area contributed by atoms with Crippen molar-refractivity contribution in [1.29, 1.82) is 0 Å². The first-order valence-electron chi connectivity index (χ1n) is 7.51. The van der Waals surface area contributed by atoms with Gasteiger partial charge in [-0.2, -0.15) is 0 Å². The van der Waals surface area contributed by atoms with Gasteiger partial charge >= 0.3 is 0 Å². The van der Waals surface area contributed by atoms with Crippen LogP contribution in [0.4, 0.5) is 5.69 Å². The summed E-state index contributed by atoms with van der Waals surface area (Å²) in [6.45, 7) is 3.39. The van der Waals surface area contributed by atoms with Crippen LogP contribution >= 0.6 is 15.9 Å². The molecule has 4 heteroatoms. The van der Waals surface area contributed by atoms with Gasteiger partial charge in [0.15, 0.2) is 6.54 Å². The van der Waals surface area contributed by atoms with E-state index in [0.717, 1.165) is 28.0 Å². The van der Waals surface area contributed by atoms with Crippen molar-refractivity contribution in [3.63, 3.8) is 0 Å². The second kappa shape index (κ2) is 8.11. The Bertz CT molecular complexity index is 625. The van der Waals surface area contributed by atoms with E-state index < -0.39 is 0 Å². The Balaban J connectivity index is 1.86. The third-order valence-corrected chi connectivity index (χ3v) is 4.03. The zero-order chi connectivity index (χ0) is 15.9. The van der Waals surface area contributed by atoms with E-state index in [4.69, 9.17) is 0 Å². The molecular formula is C18H22BrN2O+. The van der Waals surface area contributed by atoms with E-state index in [2.05, 4.69) is 46.4 Å². The summed E-state index contributed by atoms with van der Waals surface area (Å²) in [5, 5.41) is 2.98. The van der Waals surface area contributed by atoms with Gasteiger partial charge in [-0.25, -0.2) is 0 Å². The van der Waals surface area contributed by atoms with E-state index in [1.165, 1.54) is 11.1 Å². The molecule has 0 aliphatic rings. The van der Waals surface area contributed by atoms with E-state index in [-0.39, 0.29) is 5.91 Å². The Morgan fingerprint density at radius 1 is 1.14 bits per heavy atom. The first-order valence-corrected chi connectivity index (χ1v) is 8.30. The van der Waals surface area contributed by atoms with Crippen molar-refractivity contribution in [1.82, 2.24) is 0 Å². The number of hydrogen-bond donors (Lipinski definition) is 2. The van der Waals surface area contributed by atoms with Crippen molar-refractivity contribution in [3.05, 3.63) is 64.1 Å². The number of rotatable bonds is 6. The molecule has 0 aliphatic heterocycles. The molecule has 3 nitrogen and oxygen atoms in total. The van der Waals surface area contributed by atoms with Crippen LogP contribution in [0.1, 0.15) is 18.1 Å². The van der Waals surface area contributed by atoms with Crippen LogP contribution in [0.25, 0.3) is 0 Å². The zero-order valence-corrected chi connectivity index (χ0v) is 14.6. The summed E-state index contributed by atoms with van der Waals surface area (Å²) in [6, 6.07) is 16.2. The average molecular weight is 362 g/mol. The fourth-order valence-corrected chi connectivity index (χ4v) is 2.63. The summed E-state index contributed by atoms with van der Waals surface area (Å²) in [5.74, 6) is 0.0443. The molecule has 2 rings (SSSR count). The van der Waals surface area contributed by atoms with Crippen molar-refractivity contribution < 1.29 is 9.69 Å². The van der Waals surface area contributed by atoms with Crippen LogP contribution < -0.4 is 10.2 Å². The number of carbonyl (C=O) groups is 1. The normalized spacial score (nSPS) is 12.0. The number of halogens is 1. The molecular weight excluding hydrogens is 340 g/mol. The van der Waals surface area contributed by atoms with E-state index in [1.54, 1.807) is 0 Å². The molecule has 0 radical (unpaired) electrons. The molecule has 1 atom stereocenters. The lowest BCUT2D eigenvalue weighted by Crippen LogP contribution is -3.08. The Kier molecular flexibility index (Phi) is 6.16. The van der Waals surface area contributed by atoms with E-state index in [0.29, 0.717) is 6.54 Å². The lowest BCUT2D eigenvalue weighted by atomic mass is 10.1. The standard InChI is InChI=1S/C18H21BrN2O/c1-3-14-5-4-6-17(11-14)20-18(22)13-21(2)12-15-7-9-16(19)10-8-15/h4-11H,3,12-13H2,1-2H3,(H,20,22)/p+1. The number of nitrogens with one attached hydrogen (secondary N) is 2. The van der Waals surface area contributed by atoms with Gasteiger partial charge in [0.05, 0.1) is 7.05 Å². The van der Waals surface area contributed by atoms with E-state index >= 15 is 0 Å². The van der Waals surface area contributed by atoms with Crippen LogP contribution in [-0.2, 0) is 17.8 Å². The van der Waals surface area contributed by atoms with Gasteiger partial charge in [0.1, 0.15) is 6.54 Å². The summed E-state index contributed by atoms with van der Waals surface area (Å²) in [6.07, 6.45) is 0.971. The molecule has 1 amide bonds. The van der Waals surface area contributed by atoms with Crippen LogP contribution in [0.5, 0.6) is 0 Å². The maximum Gasteiger partial charge on any atom is 0.279 e. The predicted octanol–water partition coefficient (Wildman–Crippen LogP) is 2.66. The molecule has 0 heterocycles. The third-order valence-electron chi connectivity index (χ3n) is 3.50. The van der Waals surface area contributed by atoms with Crippen LogP contribution in [0.15, 0.2) is 53.0 Å². The quantitative estimate of drug-likeness (QED) is 0.814. The van der Waals surface area contributed by atoms with Crippen LogP contribution in [0, 0.1) is 0 Å². The molecule has 1 unspecified atom stereocenters. The van der Waals surface area contributed by atoms with Gasteiger partial charge < -0.3 is 10.2 Å². The summed E-state index contributed by atoms with van der Waals surface area (Å²) >= 11 is 3.43. The zero-order valence-electron chi connectivity index (χ0n) is 13.0. The Labute approximate surface area is 140 Å². The van der Waals surface area contributed by atoms with Gasteiger partial charge in [0.25, 0.3) is 5.91 Å². The van der Waals surface area contributed by atoms with Crippen molar-refractivity contribution in [2.24, 2.45) is 0 Å². The maximum absolute atomic E-state index is 12.1. The molecule has 0 spiro atoms. The van der Waals surface area contributed by atoms with Crippen molar-refractivity contribution >= 4 is 27.5 Å². The van der Waals surface area contributed by atoms with Gasteiger partial charge in [-0.15, -0.1) is 0 Å². The molecule has 0 fully saturated rings. The molecule has 0 aliphatic carbocycles. The molecule has 0 aromatic heterocycles. The van der Waals surface area contributed by atoms with Gasteiger partial charge in [-0.05, 0) is 36.2 Å². The highest BCUT2D eigenvalue weighted by molar-refractivity contribution is 9.10. The highest BCUT2D eigenvalue weighted by Crippen LogP contribution is 2.11.